The van der Waals surface area contributed by atoms with Crippen LogP contribution < -0.4 is 4.90 Å². The van der Waals surface area contributed by atoms with Crippen LogP contribution in [0.15, 0.2) is 66.7 Å². The summed E-state index contributed by atoms with van der Waals surface area (Å²) < 4.78 is 0. The van der Waals surface area contributed by atoms with Crippen molar-refractivity contribution in [3.8, 4) is 0 Å². The van der Waals surface area contributed by atoms with Gasteiger partial charge in [0.05, 0.1) is 34.6 Å². The molecule has 0 saturated carbocycles. The van der Waals surface area contributed by atoms with E-state index in [9.17, 15) is 19.5 Å². The molecule has 9 heteroatoms. The first-order valence-electron chi connectivity index (χ1n) is 12.9. The van der Waals surface area contributed by atoms with Crippen LogP contribution in [0.25, 0.3) is 23.1 Å². The standard InChI is InChI=1S/C30H27N5O4/c36-18-17-33-13-15-34(16-14-33)28(37)21-10-9-20(11-12-26-24-7-3-4-8-25(24)31-32-26)27(19-21)35-29(38)22-5-1-2-6-23(22)30(35)39/h1-12,19,36H,13-18H2,(H,31,32)/b12-11+. The fraction of sp³-hybridized carbons (Fsp3) is 0.200. The lowest BCUT2D eigenvalue weighted by Gasteiger charge is -2.34. The number of fused-ring (bicyclic) bond motifs is 2. The van der Waals surface area contributed by atoms with Crippen molar-refractivity contribution >= 4 is 46.5 Å². The van der Waals surface area contributed by atoms with Gasteiger partial charge in [-0.25, -0.2) is 4.90 Å². The Morgan fingerprint density at radius 1 is 0.897 bits per heavy atom. The number of hydrogen-bond donors (Lipinski definition) is 2. The van der Waals surface area contributed by atoms with Gasteiger partial charge in [0.1, 0.15) is 0 Å². The highest BCUT2D eigenvalue weighted by Crippen LogP contribution is 2.33. The summed E-state index contributed by atoms with van der Waals surface area (Å²) in [5.41, 5.74) is 3.67. The zero-order valence-electron chi connectivity index (χ0n) is 21.2. The number of hydrogen-bond acceptors (Lipinski definition) is 6. The highest BCUT2D eigenvalue weighted by atomic mass is 16.3. The molecule has 3 amide bonds. The van der Waals surface area contributed by atoms with Gasteiger partial charge in [-0.15, -0.1) is 0 Å². The van der Waals surface area contributed by atoms with Gasteiger partial charge in [-0.05, 0) is 42.0 Å². The van der Waals surface area contributed by atoms with Crippen LogP contribution in [0.4, 0.5) is 5.69 Å². The molecule has 0 atom stereocenters. The normalized spacial score (nSPS) is 16.0. The second kappa shape index (κ2) is 10.3. The number of anilines is 1. The Bertz CT molecular complexity index is 1580. The molecule has 4 aromatic rings. The Labute approximate surface area is 224 Å². The van der Waals surface area contributed by atoms with Crippen LogP contribution in [0.1, 0.15) is 42.3 Å². The number of nitrogens with zero attached hydrogens (tertiary/aromatic N) is 4. The number of carbonyl (C=O) groups is 3. The molecule has 0 radical (unpaired) electrons. The third kappa shape index (κ3) is 4.52. The van der Waals surface area contributed by atoms with Crippen LogP contribution in [0.5, 0.6) is 0 Å². The lowest BCUT2D eigenvalue weighted by molar-refractivity contribution is 0.0614. The minimum Gasteiger partial charge on any atom is -0.395 e. The summed E-state index contributed by atoms with van der Waals surface area (Å²) in [5.74, 6) is -0.999. The fourth-order valence-electron chi connectivity index (χ4n) is 5.20. The fourth-order valence-corrected chi connectivity index (χ4v) is 5.20. The van der Waals surface area contributed by atoms with Gasteiger partial charge in [0, 0.05) is 43.7 Å². The number of imide groups is 1. The number of para-hydroxylation sites is 1. The van der Waals surface area contributed by atoms with E-state index in [0.717, 1.165) is 21.5 Å². The van der Waals surface area contributed by atoms with Crippen LogP contribution in [0.3, 0.4) is 0 Å². The van der Waals surface area contributed by atoms with Crippen molar-refractivity contribution in [2.45, 2.75) is 0 Å². The molecule has 1 fully saturated rings. The molecule has 1 aromatic heterocycles. The third-order valence-electron chi connectivity index (χ3n) is 7.31. The molecule has 0 aliphatic carbocycles. The summed E-state index contributed by atoms with van der Waals surface area (Å²) in [6, 6.07) is 19.6. The topological polar surface area (TPSA) is 110 Å². The average Bonchev–Trinajstić information content (AvgIpc) is 3.50. The van der Waals surface area contributed by atoms with Crippen molar-refractivity contribution < 1.29 is 19.5 Å². The predicted octanol–water partition coefficient (Wildman–Crippen LogP) is 3.28. The molecule has 196 valence electrons. The Hall–Kier alpha value is -4.60. The maximum Gasteiger partial charge on any atom is 0.266 e. The van der Waals surface area contributed by atoms with E-state index in [2.05, 4.69) is 15.1 Å². The van der Waals surface area contributed by atoms with Gasteiger partial charge in [-0.1, -0.05) is 42.5 Å². The van der Waals surface area contributed by atoms with Crippen molar-refractivity contribution in [1.82, 2.24) is 20.0 Å². The first kappa shape index (κ1) is 24.7. The van der Waals surface area contributed by atoms with Crippen molar-refractivity contribution in [3.05, 3.63) is 94.7 Å². The van der Waals surface area contributed by atoms with Crippen LogP contribution in [-0.2, 0) is 0 Å². The molecule has 6 rings (SSSR count). The molecular weight excluding hydrogens is 494 g/mol. The number of piperazine rings is 1. The number of aliphatic hydroxyl groups excluding tert-OH is 1. The molecule has 0 unspecified atom stereocenters. The van der Waals surface area contributed by atoms with Crippen LogP contribution in [0.2, 0.25) is 0 Å². The van der Waals surface area contributed by atoms with Gasteiger partial charge in [-0.3, -0.25) is 24.4 Å². The molecule has 9 nitrogen and oxygen atoms in total. The van der Waals surface area contributed by atoms with Gasteiger partial charge < -0.3 is 10.0 Å². The number of rotatable bonds is 6. The molecule has 0 spiro atoms. The summed E-state index contributed by atoms with van der Waals surface area (Å²) in [7, 11) is 0. The number of carbonyl (C=O) groups excluding carboxylic acids is 3. The van der Waals surface area contributed by atoms with Crippen molar-refractivity contribution in [2.24, 2.45) is 0 Å². The van der Waals surface area contributed by atoms with Gasteiger partial charge in [0.2, 0.25) is 0 Å². The number of amides is 3. The summed E-state index contributed by atoms with van der Waals surface area (Å²) >= 11 is 0. The molecule has 39 heavy (non-hydrogen) atoms. The molecular formula is C30H27N5O4. The molecule has 1 saturated heterocycles. The summed E-state index contributed by atoms with van der Waals surface area (Å²) in [4.78, 5) is 45.3. The quantitative estimate of drug-likeness (QED) is 0.377. The number of aliphatic hydroxyl groups is 1. The van der Waals surface area contributed by atoms with E-state index >= 15 is 0 Å². The van der Waals surface area contributed by atoms with Gasteiger partial charge >= 0.3 is 0 Å². The lowest BCUT2D eigenvalue weighted by atomic mass is 10.0. The van der Waals surface area contributed by atoms with Crippen molar-refractivity contribution in [1.29, 1.82) is 0 Å². The van der Waals surface area contributed by atoms with E-state index in [1.807, 2.05) is 36.4 Å². The van der Waals surface area contributed by atoms with Gasteiger partial charge in [-0.2, -0.15) is 5.10 Å². The zero-order chi connectivity index (χ0) is 26.9. The predicted molar refractivity (Wildman–Crippen MR) is 148 cm³/mol. The Kier molecular flexibility index (Phi) is 6.52. The maximum absolute atomic E-state index is 13.5. The minimum absolute atomic E-state index is 0.0840. The SMILES string of the molecule is O=C(c1ccc(/C=C/c2n[nH]c3ccccc23)c(N2C(=O)c3ccccc3C2=O)c1)N1CCN(CCO)CC1. The molecule has 2 aliphatic rings. The summed E-state index contributed by atoms with van der Waals surface area (Å²) in [6.07, 6.45) is 3.64. The monoisotopic (exact) mass is 521 g/mol. The van der Waals surface area contributed by atoms with Crippen molar-refractivity contribution in [3.63, 3.8) is 0 Å². The van der Waals surface area contributed by atoms with Gasteiger partial charge in [0.15, 0.2) is 0 Å². The van der Waals surface area contributed by atoms with E-state index in [-0.39, 0.29) is 12.5 Å². The van der Waals surface area contributed by atoms with E-state index in [1.165, 1.54) is 0 Å². The first-order valence-corrected chi connectivity index (χ1v) is 12.9. The molecule has 2 N–H and O–H groups in total. The number of β-amino-alcohol motifs (C(OH)–C–C–N with tert-alkyl or cyclic N) is 1. The highest BCUT2D eigenvalue weighted by Gasteiger charge is 2.37. The molecule has 3 aromatic carbocycles. The average molecular weight is 522 g/mol. The number of aromatic amines is 1. The molecule has 3 heterocycles. The van der Waals surface area contributed by atoms with Crippen molar-refractivity contribution in [2.75, 3.05) is 44.2 Å². The molecule has 0 bridgehead atoms. The summed E-state index contributed by atoms with van der Waals surface area (Å²) in [6.45, 7) is 3.09. The summed E-state index contributed by atoms with van der Waals surface area (Å²) in [5, 5.41) is 17.5. The number of aromatic nitrogens is 2. The van der Waals surface area contributed by atoms with E-state index in [4.69, 9.17) is 0 Å². The Morgan fingerprint density at radius 2 is 1.59 bits per heavy atom. The van der Waals surface area contributed by atoms with Crippen LogP contribution >= 0.6 is 0 Å². The smallest absolute Gasteiger partial charge is 0.266 e. The van der Waals surface area contributed by atoms with Crippen LogP contribution in [-0.4, -0.2) is 82.2 Å². The van der Waals surface area contributed by atoms with Gasteiger partial charge in [0.25, 0.3) is 17.7 Å². The molecule has 2 aliphatic heterocycles. The highest BCUT2D eigenvalue weighted by molar-refractivity contribution is 6.35. The number of H-pyrrole nitrogens is 1. The van der Waals surface area contributed by atoms with E-state index < -0.39 is 11.8 Å². The lowest BCUT2D eigenvalue weighted by Crippen LogP contribution is -2.49. The minimum atomic E-state index is -0.419. The Morgan fingerprint density at radius 3 is 2.31 bits per heavy atom. The maximum atomic E-state index is 13.5. The Balaban J connectivity index is 1.37. The second-order valence-electron chi connectivity index (χ2n) is 9.61. The van der Waals surface area contributed by atoms with E-state index in [1.54, 1.807) is 47.4 Å². The zero-order valence-corrected chi connectivity index (χ0v) is 21.2. The van der Waals surface area contributed by atoms with E-state index in [0.29, 0.717) is 60.7 Å². The first-order chi connectivity index (χ1) is 19.0. The third-order valence-corrected chi connectivity index (χ3v) is 7.31. The van der Waals surface area contributed by atoms with Crippen LogP contribution in [0, 0.1) is 0 Å². The largest absolute Gasteiger partial charge is 0.395 e. The second-order valence-corrected chi connectivity index (χ2v) is 9.61. The number of nitrogens with one attached hydrogen (secondary N) is 1. The number of benzene rings is 3.